The van der Waals surface area contributed by atoms with E-state index in [9.17, 15) is 14.7 Å². The molecule has 0 aromatic carbocycles. The van der Waals surface area contributed by atoms with Crippen LogP contribution in [0.5, 0.6) is 0 Å². The zero-order chi connectivity index (χ0) is 27.2. The lowest BCUT2D eigenvalue weighted by Gasteiger charge is -2.54. The predicted molar refractivity (Wildman–Crippen MR) is 155 cm³/mol. The van der Waals surface area contributed by atoms with E-state index < -0.39 is 11.5 Å². The molecule has 1 heterocycles. The van der Waals surface area contributed by atoms with Gasteiger partial charge in [-0.2, -0.15) is 0 Å². The van der Waals surface area contributed by atoms with Crippen molar-refractivity contribution in [1.29, 1.82) is 0 Å². The summed E-state index contributed by atoms with van der Waals surface area (Å²) in [5.74, 6) is 3.82. The molecule has 3 rings (SSSR count). The average molecular weight is 557 g/mol. The van der Waals surface area contributed by atoms with Crippen LogP contribution in [0.1, 0.15) is 112 Å². The number of cyclic esters (lactones) is 1. The summed E-state index contributed by atoms with van der Waals surface area (Å²) in [5.41, 5.74) is -0.481. The Morgan fingerprint density at radius 2 is 1.78 bits per heavy atom. The highest BCUT2D eigenvalue weighted by atomic mass is 32.2. The van der Waals surface area contributed by atoms with E-state index >= 15 is 0 Å². The quantitative estimate of drug-likeness (QED) is 0.201. The highest BCUT2D eigenvalue weighted by Gasteiger charge is 2.53. The standard InChI is InChI=1S/C30H52O5S2/c1-7-14-36-30(37-15-8-2)18-21-11-10-20(4)24(13-12-23-16-22(31)17-26(32)34-23)27(21)25(19-30)35-28(33)29(5,6)9-3/h20-25,27,31H,7-19H2,1-6H3/t20-,21-,22+,23-,24-,25-,27-/m0/s1. The maximum atomic E-state index is 13.4. The minimum absolute atomic E-state index is 0.0585. The molecule has 3 aliphatic rings. The molecule has 7 atom stereocenters. The highest BCUT2D eigenvalue weighted by molar-refractivity contribution is 8.18. The molecule has 1 N–H and O–H groups in total. The van der Waals surface area contributed by atoms with Crippen LogP contribution in [-0.2, 0) is 19.1 Å². The number of thioether (sulfide) groups is 2. The van der Waals surface area contributed by atoms with E-state index in [1.165, 1.54) is 19.3 Å². The van der Waals surface area contributed by atoms with Crippen molar-refractivity contribution in [2.24, 2.45) is 29.1 Å². The monoisotopic (exact) mass is 556 g/mol. The summed E-state index contributed by atoms with van der Waals surface area (Å²) in [7, 11) is 0. The van der Waals surface area contributed by atoms with E-state index in [1.54, 1.807) is 0 Å². The molecule has 1 aliphatic heterocycles. The SMILES string of the molecule is CCCSC1(SCCC)C[C@@H]2CC[C@H](C)[C@H](CC[C@H]3C[C@@H](O)CC(=O)O3)[C@H]2[C@@H](OC(=O)C(C)(C)CC)C1. The Hall–Kier alpha value is -0.400. The first kappa shape index (κ1) is 31.1. The second-order valence-electron chi connectivity index (χ2n) is 12.5. The predicted octanol–water partition coefficient (Wildman–Crippen LogP) is 7.24. The van der Waals surface area contributed by atoms with Gasteiger partial charge in [0, 0.05) is 18.8 Å². The Morgan fingerprint density at radius 3 is 2.38 bits per heavy atom. The lowest BCUT2D eigenvalue weighted by Crippen LogP contribution is -2.52. The Labute approximate surface area is 234 Å². The topological polar surface area (TPSA) is 72.8 Å². The van der Waals surface area contributed by atoms with Crippen LogP contribution in [0.3, 0.4) is 0 Å². The van der Waals surface area contributed by atoms with Gasteiger partial charge in [0.25, 0.3) is 0 Å². The fraction of sp³-hybridized carbons (Fsp3) is 0.933. The minimum Gasteiger partial charge on any atom is -0.462 e. The van der Waals surface area contributed by atoms with Crippen molar-refractivity contribution in [2.45, 2.75) is 135 Å². The highest BCUT2D eigenvalue weighted by Crippen LogP contribution is 2.58. The van der Waals surface area contributed by atoms with Crippen LogP contribution in [0.2, 0.25) is 0 Å². The zero-order valence-electron chi connectivity index (χ0n) is 24.1. The number of hydrogen-bond donors (Lipinski definition) is 1. The molecule has 214 valence electrons. The van der Waals surface area contributed by atoms with Crippen LogP contribution in [0.15, 0.2) is 0 Å². The van der Waals surface area contributed by atoms with E-state index in [0.29, 0.717) is 30.1 Å². The van der Waals surface area contributed by atoms with Crippen molar-refractivity contribution < 1.29 is 24.2 Å². The van der Waals surface area contributed by atoms with E-state index in [4.69, 9.17) is 9.47 Å². The Balaban J connectivity index is 1.86. The van der Waals surface area contributed by atoms with Gasteiger partial charge in [0.15, 0.2) is 0 Å². The third-order valence-corrected chi connectivity index (χ3v) is 12.8. The van der Waals surface area contributed by atoms with Gasteiger partial charge in [-0.1, -0.05) is 34.1 Å². The van der Waals surface area contributed by atoms with Crippen LogP contribution in [0.25, 0.3) is 0 Å². The second-order valence-corrected chi connectivity index (χ2v) is 15.8. The molecular formula is C30H52O5S2. The van der Waals surface area contributed by atoms with E-state index in [-0.39, 0.29) is 34.6 Å². The number of carbonyl (C=O) groups is 2. The van der Waals surface area contributed by atoms with Crippen LogP contribution in [-0.4, -0.2) is 50.9 Å². The van der Waals surface area contributed by atoms with Gasteiger partial charge >= 0.3 is 11.9 Å². The average Bonchev–Trinajstić information content (AvgIpc) is 2.85. The molecule has 5 nitrogen and oxygen atoms in total. The molecule has 0 aromatic heterocycles. The van der Waals surface area contributed by atoms with Crippen molar-refractivity contribution in [2.75, 3.05) is 11.5 Å². The number of aliphatic hydroxyl groups is 1. The van der Waals surface area contributed by atoms with E-state index in [2.05, 4.69) is 51.2 Å². The maximum Gasteiger partial charge on any atom is 0.311 e. The Bertz CT molecular complexity index is 748. The van der Waals surface area contributed by atoms with Crippen LogP contribution < -0.4 is 0 Å². The van der Waals surface area contributed by atoms with Gasteiger partial charge in [-0.3, -0.25) is 9.59 Å². The van der Waals surface area contributed by atoms with Crippen LogP contribution >= 0.6 is 23.5 Å². The molecule has 0 unspecified atom stereocenters. The van der Waals surface area contributed by atoms with Gasteiger partial charge in [-0.25, -0.2) is 0 Å². The van der Waals surface area contributed by atoms with Crippen LogP contribution in [0.4, 0.5) is 0 Å². The lowest BCUT2D eigenvalue weighted by atomic mass is 9.59. The van der Waals surface area contributed by atoms with Crippen molar-refractivity contribution in [1.82, 2.24) is 0 Å². The third kappa shape index (κ3) is 8.06. The molecule has 0 spiro atoms. The summed E-state index contributed by atoms with van der Waals surface area (Å²) >= 11 is 4.22. The molecule has 1 saturated heterocycles. The molecule has 3 fully saturated rings. The fourth-order valence-corrected chi connectivity index (χ4v) is 9.88. The van der Waals surface area contributed by atoms with Crippen molar-refractivity contribution in [3.05, 3.63) is 0 Å². The first-order chi connectivity index (χ1) is 17.5. The zero-order valence-corrected chi connectivity index (χ0v) is 25.8. The maximum absolute atomic E-state index is 13.4. The Morgan fingerprint density at radius 1 is 1.11 bits per heavy atom. The number of ether oxygens (including phenoxy) is 2. The van der Waals surface area contributed by atoms with Gasteiger partial charge in [-0.05, 0) is 88.1 Å². The van der Waals surface area contributed by atoms with Gasteiger partial charge in [0.2, 0.25) is 0 Å². The molecule has 2 saturated carbocycles. The van der Waals surface area contributed by atoms with Crippen molar-refractivity contribution >= 4 is 35.5 Å². The van der Waals surface area contributed by atoms with Gasteiger partial charge in [-0.15, -0.1) is 23.5 Å². The normalized spacial score (nSPS) is 33.9. The van der Waals surface area contributed by atoms with Crippen molar-refractivity contribution in [3.8, 4) is 0 Å². The largest absolute Gasteiger partial charge is 0.462 e. The van der Waals surface area contributed by atoms with Crippen LogP contribution in [0, 0.1) is 29.1 Å². The molecule has 7 heteroatoms. The summed E-state index contributed by atoms with van der Waals surface area (Å²) in [5, 5.41) is 10.1. The smallest absolute Gasteiger partial charge is 0.311 e. The third-order valence-electron chi connectivity index (χ3n) is 9.17. The molecular weight excluding hydrogens is 504 g/mol. The number of hydrogen-bond acceptors (Lipinski definition) is 7. The summed E-state index contributed by atoms with van der Waals surface area (Å²) in [6, 6.07) is 0. The minimum atomic E-state index is -0.589. The van der Waals surface area contributed by atoms with Crippen molar-refractivity contribution in [3.63, 3.8) is 0 Å². The lowest BCUT2D eigenvalue weighted by molar-refractivity contribution is -0.172. The first-order valence-corrected chi connectivity index (χ1v) is 16.9. The number of rotatable bonds is 12. The van der Waals surface area contributed by atoms with E-state index in [0.717, 1.165) is 50.0 Å². The Kier molecular flexibility index (Phi) is 11.6. The first-order valence-electron chi connectivity index (χ1n) is 14.9. The molecule has 37 heavy (non-hydrogen) atoms. The number of carbonyl (C=O) groups excluding carboxylic acids is 2. The second kappa shape index (κ2) is 13.8. The summed E-state index contributed by atoms with van der Waals surface area (Å²) in [6.45, 7) is 12.9. The van der Waals surface area contributed by atoms with Gasteiger partial charge in [0.05, 0.1) is 22.0 Å². The molecule has 0 radical (unpaired) electrons. The molecule has 2 aliphatic carbocycles. The molecule has 0 aromatic rings. The number of aliphatic hydroxyl groups excluding tert-OH is 1. The van der Waals surface area contributed by atoms with Gasteiger partial charge in [0.1, 0.15) is 12.2 Å². The summed E-state index contributed by atoms with van der Waals surface area (Å²) < 4.78 is 12.3. The summed E-state index contributed by atoms with van der Waals surface area (Å²) in [6.07, 6.45) is 9.12. The molecule has 0 bridgehead atoms. The number of esters is 2. The van der Waals surface area contributed by atoms with Gasteiger partial charge < -0.3 is 14.6 Å². The van der Waals surface area contributed by atoms with E-state index in [1.807, 2.05) is 13.8 Å². The fourth-order valence-electron chi connectivity index (χ4n) is 6.66. The summed E-state index contributed by atoms with van der Waals surface area (Å²) in [4.78, 5) is 25.3. The number of fused-ring (bicyclic) bond motifs is 1. The molecule has 0 amide bonds.